The molecule has 1 N–H and O–H groups in total. The second kappa shape index (κ2) is 6.50. The molecule has 0 saturated carbocycles. The van der Waals surface area contributed by atoms with Crippen molar-refractivity contribution in [3.63, 3.8) is 0 Å². The Morgan fingerprint density at radius 3 is 2.42 bits per heavy atom. The third-order valence-electron chi connectivity index (χ3n) is 3.62. The Kier molecular flexibility index (Phi) is 4.24. The topological polar surface area (TPSA) is 68.9 Å². The Morgan fingerprint density at radius 2 is 1.75 bits per heavy atom. The van der Waals surface area contributed by atoms with Crippen molar-refractivity contribution >= 4 is 23.1 Å². The van der Waals surface area contributed by atoms with Gasteiger partial charge in [-0.3, -0.25) is 0 Å². The Morgan fingerprint density at radius 1 is 1.00 bits per heavy atom. The van der Waals surface area contributed by atoms with E-state index >= 15 is 0 Å². The summed E-state index contributed by atoms with van der Waals surface area (Å²) in [6, 6.07) is 11.6. The maximum Gasteiger partial charge on any atom is 0.339 e. The fraction of sp³-hybridized carbons (Fsp3) is 0.105. The van der Waals surface area contributed by atoms with Gasteiger partial charge in [0.05, 0.1) is 25.7 Å². The molecule has 3 aromatic rings. The van der Waals surface area contributed by atoms with Gasteiger partial charge in [-0.2, -0.15) is 0 Å². The molecular weight excluding hydrogens is 308 g/mol. The van der Waals surface area contributed by atoms with Gasteiger partial charge in [0, 0.05) is 6.07 Å². The van der Waals surface area contributed by atoms with Crippen LogP contribution in [0.5, 0.6) is 17.2 Å². The van der Waals surface area contributed by atoms with Gasteiger partial charge in [-0.1, -0.05) is 24.3 Å². The van der Waals surface area contributed by atoms with Gasteiger partial charge in [0.15, 0.2) is 0 Å². The molecule has 1 heterocycles. The minimum atomic E-state index is -0.485. The van der Waals surface area contributed by atoms with Crippen LogP contribution in [0.3, 0.4) is 0 Å². The lowest BCUT2D eigenvalue weighted by atomic mass is 10.1. The molecule has 2 aromatic carbocycles. The maximum absolute atomic E-state index is 11.7. The number of aromatic hydroxyl groups is 1. The molecule has 1 aromatic heterocycles. The molecular formula is C19H16O5. The average Bonchev–Trinajstić information content (AvgIpc) is 2.59. The van der Waals surface area contributed by atoms with E-state index in [9.17, 15) is 9.90 Å². The number of methoxy groups -OCH3 is 2. The highest BCUT2D eigenvalue weighted by Gasteiger charge is 2.12. The molecule has 5 heteroatoms. The summed E-state index contributed by atoms with van der Waals surface area (Å²) in [4.78, 5) is 11.7. The first-order chi connectivity index (χ1) is 11.6. The normalized spacial score (nSPS) is 11.1. The number of ether oxygens (including phenoxy) is 2. The Labute approximate surface area is 138 Å². The molecule has 0 fully saturated rings. The van der Waals surface area contributed by atoms with Crippen LogP contribution in [0.4, 0.5) is 0 Å². The predicted octanol–water partition coefficient (Wildman–Crippen LogP) is 3.69. The summed E-state index contributed by atoms with van der Waals surface area (Å²) >= 11 is 0. The molecule has 0 atom stereocenters. The summed E-state index contributed by atoms with van der Waals surface area (Å²) in [6.45, 7) is 0. The molecule has 122 valence electrons. The van der Waals surface area contributed by atoms with E-state index in [1.807, 2.05) is 18.2 Å². The van der Waals surface area contributed by atoms with Crippen molar-refractivity contribution in [2.45, 2.75) is 0 Å². The highest BCUT2D eigenvalue weighted by molar-refractivity contribution is 5.95. The molecule has 0 unspecified atom stereocenters. The zero-order valence-electron chi connectivity index (χ0n) is 13.3. The van der Waals surface area contributed by atoms with Crippen LogP contribution in [0.2, 0.25) is 0 Å². The average molecular weight is 324 g/mol. The second-order valence-corrected chi connectivity index (χ2v) is 5.15. The standard InChI is InChI=1S/C19H16O5/c1-22-15-9-13(6-3-12-4-7-14(20)8-5-12)19-16(23-2)11-18(21)24-17(19)10-15/h3-11,20H,1-2H3. The smallest absolute Gasteiger partial charge is 0.339 e. The third kappa shape index (κ3) is 3.10. The second-order valence-electron chi connectivity index (χ2n) is 5.15. The number of benzene rings is 2. The first-order valence-electron chi connectivity index (χ1n) is 7.27. The van der Waals surface area contributed by atoms with Crippen LogP contribution in [-0.2, 0) is 0 Å². The number of phenols is 1. The van der Waals surface area contributed by atoms with E-state index in [-0.39, 0.29) is 5.75 Å². The molecule has 0 spiro atoms. The molecule has 0 amide bonds. The molecule has 0 radical (unpaired) electrons. The van der Waals surface area contributed by atoms with Crippen molar-refractivity contribution in [2.75, 3.05) is 14.2 Å². The van der Waals surface area contributed by atoms with Crippen molar-refractivity contribution in [2.24, 2.45) is 0 Å². The quantitative estimate of drug-likeness (QED) is 0.585. The van der Waals surface area contributed by atoms with E-state index < -0.39 is 5.63 Å². The Bertz CT molecular complexity index is 952. The number of fused-ring (bicyclic) bond motifs is 1. The largest absolute Gasteiger partial charge is 0.508 e. The van der Waals surface area contributed by atoms with Crippen LogP contribution in [0.15, 0.2) is 51.7 Å². The first-order valence-corrected chi connectivity index (χ1v) is 7.27. The van der Waals surface area contributed by atoms with Gasteiger partial charge in [-0.25, -0.2) is 4.79 Å². The summed E-state index contributed by atoms with van der Waals surface area (Å²) in [5.41, 5.74) is 1.61. The first kappa shape index (κ1) is 15.7. The van der Waals surface area contributed by atoms with Gasteiger partial charge in [0.25, 0.3) is 0 Å². The fourth-order valence-corrected chi connectivity index (χ4v) is 2.45. The minimum absolute atomic E-state index is 0.211. The van der Waals surface area contributed by atoms with E-state index in [1.54, 1.807) is 37.4 Å². The summed E-state index contributed by atoms with van der Waals surface area (Å²) in [6.07, 6.45) is 3.76. The Balaban J connectivity index is 2.17. The molecule has 24 heavy (non-hydrogen) atoms. The lowest BCUT2D eigenvalue weighted by molar-refractivity contribution is 0.408. The number of hydrogen-bond donors (Lipinski definition) is 1. The molecule has 5 nitrogen and oxygen atoms in total. The molecule has 0 aliphatic heterocycles. The van der Waals surface area contributed by atoms with E-state index in [2.05, 4.69) is 0 Å². The summed E-state index contributed by atoms with van der Waals surface area (Å²) in [5.74, 6) is 1.22. The van der Waals surface area contributed by atoms with Crippen LogP contribution in [0.1, 0.15) is 11.1 Å². The lowest BCUT2D eigenvalue weighted by Gasteiger charge is -2.09. The van der Waals surface area contributed by atoms with Crippen LogP contribution in [0.25, 0.3) is 23.1 Å². The molecule has 0 aliphatic carbocycles. The van der Waals surface area contributed by atoms with Crippen LogP contribution in [-0.4, -0.2) is 19.3 Å². The number of hydrogen-bond acceptors (Lipinski definition) is 5. The summed E-state index contributed by atoms with van der Waals surface area (Å²) in [5, 5.41) is 10.0. The summed E-state index contributed by atoms with van der Waals surface area (Å²) < 4.78 is 15.9. The monoisotopic (exact) mass is 324 g/mol. The van der Waals surface area contributed by atoms with Crippen LogP contribution < -0.4 is 15.1 Å². The highest BCUT2D eigenvalue weighted by Crippen LogP contribution is 2.32. The van der Waals surface area contributed by atoms with Gasteiger partial charge < -0.3 is 19.0 Å². The highest BCUT2D eigenvalue weighted by atomic mass is 16.5. The van der Waals surface area contributed by atoms with Gasteiger partial charge in [0.2, 0.25) is 0 Å². The molecule has 3 rings (SSSR count). The van der Waals surface area contributed by atoms with E-state index in [0.717, 1.165) is 11.1 Å². The third-order valence-corrected chi connectivity index (χ3v) is 3.62. The summed E-state index contributed by atoms with van der Waals surface area (Å²) in [7, 11) is 3.05. The van der Waals surface area contributed by atoms with Crippen molar-refractivity contribution in [3.8, 4) is 17.2 Å². The van der Waals surface area contributed by atoms with Crippen molar-refractivity contribution < 1.29 is 19.0 Å². The Hall–Kier alpha value is -3.21. The fourth-order valence-electron chi connectivity index (χ4n) is 2.45. The van der Waals surface area contributed by atoms with Crippen molar-refractivity contribution in [1.29, 1.82) is 0 Å². The minimum Gasteiger partial charge on any atom is -0.508 e. The SMILES string of the molecule is COc1cc(C=Cc2ccc(O)cc2)c2c(OC)cc(=O)oc2c1. The molecule has 0 aliphatic rings. The van der Waals surface area contributed by atoms with Gasteiger partial charge in [-0.15, -0.1) is 0 Å². The lowest BCUT2D eigenvalue weighted by Crippen LogP contribution is -2.00. The van der Waals surface area contributed by atoms with Gasteiger partial charge >= 0.3 is 5.63 Å². The van der Waals surface area contributed by atoms with E-state index in [4.69, 9.17) is 13.9 Å². The number of rotatable bonds is 4. The van der Waals surface area contributed by atoms with Gasteiger partial charge in [0.1, 0.15) is 22.8 Å². The number of phenolic OH excluding ortho intramolecular Hbond substituents is 1. The van der Waals surface area contributed by atoms with Gasteiger partial charge in [-0.05, 0) is 29.3 Å². The van der Waals surface area contributed by atoms with Crippen molar-refractivity contribution in [1.82, 2.24) is 0 Å². The van der Waals surface area contributed by atoms with Crippen molar-refractivity contribution in [3.05, 3.63) is 64.0 Å². The van der Waals surface area contributed by atoms with E-state index in [1.165, 1.54) is 13.2 Å². The van der Waals surface area contributed by atoms with Crippen LogP contribution in [0, 0.1) is 0 Å². The zero-order valence-corrected chi connectivity index (χ0v) is 13.3. The maximum atomic E-state index is 11.7. The predicted molar refractivity (Wildman–Crippen MR) is 92.6 cm³/mol. The zero-order chi connectivity index (χ0) is 17.1. The molecule has 0 bridgehead atoms. The molecule has 0 saturated heterocycles. The van der Waals surface area contributed by atoms with E-state index in [0.29, 0.717) is 22.5 Å². The van der Waals surface area contributed by atoms with Crippen LogP contribution >= 0.6 is 0 Å².